The zero-order chi connectivity index (χ0) is 10.6. The van der Waals surface area contributed by atoms with Crippen molar-refractivity contribution in [2.24, 2.45) is 11.7 Å². The Balaban J connectivity index is 0.00000196. The van der Waals surface area contributed by atoms with Crippen molar-refractivity contribution in [3.8, 4) is 0 Å². The van der Waals surface area contributed by atoms with Crippen molar-refractivity contribution in [3.05, 3.63) is 0 Å². The number of hydrogen-bond acceptors (Lipinski definition) is 3. The maximum Gasteiger partial charge on any atom is 0.236 e. The molecule has 0 radical (unpaired) electrons. The van der Waals surface area contributed by atoms with Crippen LogP contribution in [0.4, 0.5) is 0 Å². The molecule has 0 aliphatic heterocycles. The molecule has 4 nitrogen and oxygen atoms in total. The molecule has 1 rings (SSSR count). The number of halogens is 1. The summed E-state index contributed by atoms with van der Waals surface area (Å²) >= 11 is 0. The van der Waals surface area contributed by atoms with E-state index in [1.165, 1.54) is 6.42 Å². The first kappa shape index (κ1) is 14.7. The van der Waals surface area contributed by atoms with Crippen molar-refractivity contribution in [2.45, 2.75) is 38.3 Å². The molecule has 0 heterocycles. The summed E-state index contributed by atoms with van der Waals surface area (Å²) < 4.78 is 5.33. The van der Waals surface area contributed by atoms with E-state index in [0.717, 1.165) is 12.8 Å². The van der Waals surface area contributed by atoms with Crippen molar-refractivity contribution in [3.63, 3.8) is 0 Å². The summed E-state index contributed by atoms with van der Waals surface area (Å²) in [6, 6.07) is -0.419. The van der Waals surface area contributed by atoms with Gasteiger partial charge in [0, 0.05) is 19.6 Å². The third-order valence-corrected chi connectivity index (χ3v) is 2.84. The van der Waals surface area contributed by atoms with E-state index in [-0.39, 0.29) is 18.3 Å². The third kappa shape index (κ3) is 4.36. The smallest absolute Gasteiger partial charge is 0.236 e. The monoisotopic (exact) mass is 236 g/mol. The van der Waals surface area contributed by atoms with E-state index < -0.39 is 6.04 Å². The summed E-state index contributed by atoms with van der Waals surface area (Å²) in [7, 11) is 1.73. The lowest BCUT2D eigenvalue weighted by atomic mass is 10.1. The summed E-state index contributed by atoms with van der Waals surface area (Å²) in [5.74, 6) is 0.384. The van der Waals surface area contributed by atoms with Crippen LogP contribution in [0.15, 0.2) is 0 Å². The predicted octanol–water partition coefficient (Wildman–Crippen LogP) is 0.687. The highest BCUT2D eigenvalue weighted by Gasteiger charge is 2.27. The molecule has 1 amide bonds. The Morgan fingerprint density at radius 1 is 1.60 bits per heavy atom. The van der Waals surface area contributed by atoms with Crippen LogP contribution in [0.2, 0.25) is 0 Å². The van der Waals surface area contributed by atoms with Crippen LogP contribution in [0, 0.1) is 5.92 Å². The Hall–Kier alpha value is -0.320. The Kier molecular flexibility index (Phi) is 6.89. The molecule has 0 aromatic rings. The molecule has 90 valence electrons. The lowest BCUT2D eigenvalue weighted by Crippen LogP contribution is -2.41. The lowest BCUT2D eigenvalue weighted by molar-refractivity contribution is -0.122. The number of ether oxygens (including phenoxy) is 1. The molecule has 1 saturated carbocycles. The van der Waals surface area contributed by atoms with Gasteiger partial charge in [-0.2, -0.15) is 0 Å². The number of hydrogen-bond donors (Lipinski definition) is 2. The second-order valence-corrected chi connectivity index (χ2v) is 4.00. The number of carbonyl (C=O) groups excluding carboxylic acids is 1. The van der Waals surface area contributed by atoms with Gasteiger partial charge in [-0.25, -0.2) is 0 Å². The highest BCUT2D eigenvalue weighted by molar-refractivity contribution is 5.85. The molecule has 5 heteroatoms. The van der Waals surface area contributed by atoms with Crippen molar-refractivity contribution in [1.29, 1.82) is 0 Å². The summed E-state index contributed by atoms with van der Waals surface area (Å²) in [6.45, 7) is 2.39. The number of rotatable bonds is 4. The summed E-state index contributed by atoms with van der Waals surface area (Å²) in [4.78, 5) is 11.2. The van der Waals surface area contributed by atoms with E-state index in [4.69, 9.17) is 10.5 Å². The molecule has 15 heavy (non-hydrogen) atoms. The van der Waals surface area contributed by atoms with Crippen LogP contribution in [-0.2, 0) is 9.53 Å². The Morgan fingerprint density at radius 2 is 2.27 bits per heavy atom. The van der Waals surface area contributed by atoms with E-state index in [9.17, 15) is 4.79 Å². The van der Waals surface area contributed by atoms with Gasteiger partial charge in [-0.15, -0.1) is 12.4 Å². The molecule has 0 bridgehead atoms. The number of nitrogens with two attached hydrogens (primary N) is 1. The minimum absolute atomic E-state index is 0. The fraction of sp³-hybridized carbons (Fsp3) is 0.900. The second kappa shape index (κ2) is 7.04. The SMILES string of the molecule is COC1CCCC1CNC(=O)[C@@H](C)N.Cl. The lowest BCUT2D eigenvalue weighted by Gasteiger charge is -2.19. The van der Waals surface area contributed by atoms with Gasteiger partial charge >= 0.3 is 0 Å². The normalized spacial score (nSPS) is 26.9. The van der Waals surface area contributed by atoms with E-state index >= 15 is 0 Å². The molecule has 1 fully saturated rings. The van der Waals surface area contributed by atoms with Crippen LogP contribution in [0.25, 0.3) is 0 Å². The largest absolute Gasteiger partial charge is 0.381 e. The van der Waals surface area contributed by atoms with E-state index in [2.05, 4.69) is 5.32 Å². The Bertz CT molecular complexity index is 200. The molecule has 1 aliphatic carbocycles. The first-order chi connectivity index (χ1) is 6.65. The summed E-state index contributed by atoms with van der Waals surface area (Å²) in [5, 5.41) is 2.84. The second-order valence-electron chi connectivity index (χ2n) is 4.00. The molecule has 2 unspecified atom stereocenters. The van der Waals surface area contributed by atoms with E-state index in [1.54, 1.807) is 14.0 Å². The average Bonchev–Trinajstić information content (AvgIpc) is 2.60. The zero-order valence-corrected chi connectivity index (χ0v) is 10.2. The molecule has 0 saturated heterocycles. The predicted molar refractivity (Wildman–Crippen MR) is 62.0 cm³/mol. The van der Waals surface area contributed by atoms with Crippen LogP contribution in [0.5, 0.6) is 0 Å². The fourth-order valence-electron chi connectivity index (χ4n) is 1.94. The van der Waals surface area contributed by atoms with E-state index in [1.807, 2.05) is 0 Å². The van der Waals surface area contributed by atoms with Gasteiger partial charge in [0.2, 0.25) is 5.91 Å². The highest BCUT2D eigenvalue weighted by atomic mass is 35.5. The molecule has 0 aromatic heterocycles. The minimum Gasteiger partial charge on any atom is -0.381 e. The third-order valence-electron chi connectivity index (χ3n) is 2.84. The number of nitrogens with one attached hydrogen (secondary N) is 1. The van der Waals surface area contributed by atoms with Gasteiger partial charge in [0.1, 0.15) is 0 Å². The van der Waals surface area contributed by atoms with Gasteiger partial charge in [0.15, 0.2) is 0 Å². The highest BCUT2D eigenvalue weighted by Crippen LogP contribution is 2.26. The number of carbonyl (C=O) groups is 1. The van der Waals surface area contributed by atoms with Crippen LogP contribution in [0.3, 0.4) is 0 Å². The first-order valence-corrected chi connectivity index (χ1v) is 5.21. The van der Waals surface area contributed by atoms with Crippen LogP contribution < -0.4 is 11.1 Å². The molecular weight excluding hydrogens is 216 g/mol. The maximum atomic E-state index is 11.2. The average molecular weight is 237 g/mol. The van der Waals surface area contributed by atoms with Crippen molar-refractivity contribution in [2.75, 3.05) is 13.7 Å². The molecule has 3 atom stereocenters. The molecule has 1 aliphatic rings. The zero-order valence-electron chi connectivity index (χ0n) is 9.36. The van der Waals surface area contributed by atoms with Gasteiger partial charge in [0.05, 0.1) is 12.1 Å². The molecule has 3 N–H and O–H groups in total. The maximum absolute atomic E-state index is 11.2. The number of methoxy groups -OCH3 is 1. The molecule has 0 aromatic carbocycles. The topological polar surface area (TPSA) is 64.3 Å². The van der Waals surface area contributed by atoms with Crippen LogP contribution >= 0.6 is 12.4 Å². The van der Waals surface area contributed by atoms with Gasteiger partial charge in [-0.1, -0.05) is 6.42 Å². The summed E-state index contributed by atoms with van der Waals surface area (Å²) in [5.41, 5.74) is 5.44. The minimum atomic E-state index is -0.419. The summed E-state index contributed by atoms with van der Waals surface area (Å²) in [6.07, 6.45) is 3.74. The Labute approximate surface area is 97.3 Å². The van der Waals surface area contributed by atoms with Crippen molar-refractivity contribution in [1.82, 2.24) is 5.32 Å². The van der Waals surface area contributed by atoms with Crippen molar-refractivity contribution < 1.29 is 9.53 Å². The molecular formula is C10H21ClN2O2. The van der Waals surface area contributed by atoms with Gasteiger partial charge < -0.3 is 15.8 Å². The van der Waals surface area contributed by atoms with Crippen LogP contribution in [-0.4, -0.2) is 31.7 Å². The number of amides is 1. The first-order valence-electron chi connectivity index (χ1n) is 5.21. The standard InChI is InChI=1S/C10H20N2O2.ClH/c1-7(11)10(13)12-6-8-4-3-5-9(8)14-2;/h7-9H,3-6,11H2,1-2H3,(H,12,13);1H/t7-,8?,9?;/m1./s1. The fourth-order valence-corrected chi connectivity index (χ4v) is 1.94. The van der Waals surface area contributed by atoms with Crippen LogP contribution in [0.1, 0.15) is 26.2 Å². The van der Waals surface area contributed by atoms with Gasteiger partial charge in [0.25, 0.3) is 0 Å². The van der Waals surface area contributed by atoms with Gasteiger partial charge in [-0.3, -0.25) is 4.79 Å². The van der Waals surface area contributed by atoms with E-state index in [0.29, 0.717) is 18.6 Å². The molecule has 0 spiro atoms. The quantitative estimate of drug-likeness (QED) is 0.755. The van der Waals surface area contributed by atoms with Gasteiger partial charge in [-0.05, 0) is 19.8 Å². The van der Waals surface area contributed by atoms with Crippen molar-refractivity contribution >= 4 is 18.3 Å². The Morgan fingerprint density at radius 3 is 2.80 bits per heavy atom.